The second-order valence-electron chi connectivity index (χ2n) is 4.54. The Kier molecular flexibility index (Phi) is 4.10. The Balaban J connectivity index is 1.56. The van der Waals surface area contributed by atoms with Crippen molar-refractivity contribution in [1.29, 1.82) is 0 Å². The Morgan fingerprint density at radius 1 is 1.32 bits per heavy atom. The van der Waals surface area contributed by atoms with Crippen molar-refractivity contribution in [2.24, 2.45) is 0 Å². The zero-order valence-corrected chi connectivity index (χ0v) is 12.2. The number of thiazole rings is 1. The van der Waals surface area contributed by atoms with Gasteiger partial charge in [-0.3, -0.25) is 4.79 Å². The number of halogens is 2. The standard InChI is InChI=1S/C14H12F2N4OS/c15-14(16)20-8-6-10(19-20)13(21)17-7-5-12-18-9-3-1-2-4-11(9)22-12/h1-4,6,8,14H,5,7H2,(H,17,21). The zero-order valence-electron chi connectivity index (χ0n) is 11.4. The molecule has 5 nitrogen and oxygen atoms in total. The van der Waals surface area contributed by atoms with E-state index in [-0.39, 0.29) is 5.69 Å². The maximum atomic E-state index is 12.4. The number of carbonyl (C=O) groups excluding carboxylic acids is 1. The molecule has 0 saturated carbocycles. The third-order valence-corrected chi connectivity index (χ3v) is 4.10. The van der Waals surface area contributed by atoms with Gasteiger partial charge in [-0.15, -0.1) is 11.3 Å². The number of nitrogens with one attached hydrogen (secondary N) is 1. The predicted octanol–water partition coefficient (Wildman–Crippen LogP) is 2.86. The number of nitrogens with zero attached hydrogens (tertiary/aromatic N) is 3. The number of rotatable bonds is 5. The third-order valence-electron chi connectivity index (χ3n) is 3.00. The molecule has 0 bridgehead atoms. The molecule has 0 aliphatic heterocycles. The molecule has 3 aromatic rings. The van der Waals surface area contributed by atoms with Crippen LogP contribution in [0.1, 0.15) is 22.0 Å². The van der Waals surface area contributed by atoms with Crippen molar-refractivity contribution in [3.05, 3.63) is 47.2 Å². The van der Waals surface area contributed by atoms with Gasteiger partial charge in [-0.2, -0.15) is 13.9 Å². The Labute approximate surface area is 128 Å². The van der Waals surface area contributed by atoms with Gasteiger partial charge < -0.3 is 5.32 Å². The van der Waals surface area contributed by atoms with Crippen LogP contribution in [0.5, 0.6) is 0 Å². The molecule has 22 heavy (non-hydrogen) atoms. The van der Waals surface area contributed by atoms with E-state index in [4.69, 9.17) is 0 Å². The lowest BCUT2D eigenvalue weighted by atomic mass is 10.3. The number of fused-ring (bicyclic) bond motifs is 1. The molecule has 3 rings (SSSR count). The molecule has 0 aliphatic carbocycles. The van der Waals surface area contributed by atoms with Crippen LogP contribution in [0.15, 0.2) is 36.5 Å². The van der Waals surface area contributed by atoms with Crippen LogP contribution < -0.4 is 5.32 Å². The first-order chi connectivity index (χ1) is 10.6. The molecule has 0 fully saturated rings. The van der Waals surface area contributed by atoms with Crippen molar-refractivity contribution in [2.45, 2.75) is 13.0 Å². The van der Waals surface area contributed by atoms with E-state index in [0.717, 1.165) is 21.4 Å². The lowest BCUT2D eigenvalue weighted by molar-refractivity contribution is 0.0560. The quantitative estimate of drug-likeness (QED) is 0.786. The first kappa shape index (κ1) is 14.6. The lowest BCUT2D eigenvalue weighted by Crippen LogP contribution is -2.26. The Bertz CT molecular complexity index is 766. The number of hydrogen-bond donors (Lipinski definition) is 1. The summed E-state index contributed by atoms with van der Waals surface area (Å²) in [5.41, 5.74) is 0.911. The third kappa shape index (κ3) is 3.11. The van der Waals surface area contributed by atoms with Crippen molar-refractivity contribution in [1.82, 2.24) is 20.1 Å². The highest BCUT2D eigenvalue weighted by molar-refractivity contribution is 7.18. The van der Waals surface area contributed by atoms with Crippen LogP contribution in [-0.4, -0.2) is 27.2 Å². The number of aromatic nitrogens is 3. The van der Waals surface area contributed by atoms with Gasteiger partial charge in [0, 0.05) is 19.2 Å². The topological polar surface area (TPSA) is 59.8 Å². The normalized spacial score (nSPS) is 11.2. The van der Waals surface area contributed by atoms with E-state index in [2.05, 4.69) is 15.4 Å². The number of hydrogen-bond acceptors (Lipinski definition) is 4. The largest absolute Gasteiger partial charge is 0.350 e. The van der Waals surface area contributed by atoms with Crippen LogP contribution in [-0.2, 0) is 6.42 Å². The average Bonchev–Trinajstić information content (AvgIpc) is 3.13. The zero-order chi connectivity index (χ0) is 15.5. The van der Waals surface area contributed by atoms with E-state index in [9.17, 15) is 13.6 Å². The molecule has 0 aliphatic rings. The molecule has 0 unspecified atom stereocenters. The maximum Gasteiger partial charge on any atom is 0.333 e. The molecule has 1 amide bonds. The van der Waals surface area contributed by atoms with Crippen molar-refractivity contribution < 1.29 is 13.6 Å². The summed E-state index contributed by atoms with van der Waals surface area (Å²) >= 11 is 1.57. The minimum Gasteiger partial charge on any atom is -0.350 e. The first-order valence-electron chi connectivity index (χ1n) is 6.59. The fourth-order valence-electron chi connectivity index (χ4n) is 1.97. The molecule has 0 atom stereocenters. The van der Waals surface area contributed by atoms with Gasteiger partial charge >= 0.3 is 6.55 Å². The number of carbonyl (C=O) groups is 1. The van der Waals surface area contributed by atoms with E-state index in [1.54, 1.807) is 11.3 Å². The van der Waals surface area contributed by atoms with E-state index < -0.39 is 12.5 Å². The van der Waals surface area contributed by atoms with Gasteiger partial charge in [-0.1, -0.05) is 12.1 Å². The number of alkyl halides is 2. The van der Waals surface area contributed by atoms with Gasteiger partial charge in [0.1, 0.15) is 5.69 Å². The number of benzene rings is 1. The Morgan fingerprint density at radius 3 is 2.86 bits per heavy atom. The summed E-state index contributed by atoms with van der Waals surface area (Å²) in [4.78, 5) is 16.3. The molecule has 2 aromatic heterocycles. The van der Waals surface area contributed by atoms with Crippen LogP contribution in [0.4, 0.5) is 8.78 Å². The Morgan fingerprint density at radius 2 is 2.14 bits per heavy atom. The van der Waals surface area contributed by atoms with E-state index in [0.29, 0.717) is 17.6 Å². The van der Waals surface area contributed by atoms with Crippen molar-refractivity contribution in [2.75, 3.05) is 6.54 Å². The van der Waals surface area contributed by atoms with Gasteiger partial charge in [-0.05, 0) is 18.2 Å². The SMILES string of the molecule is O=C(NCCc1nc2ccccc2s1)c1ccn(C(F)F)n1. The van der Waals surface area contributed by atoms with Gasteiger partial charge in [0.15, 0.2) is 0 Å². The van der Waals surface area contributed by atoms with Crippen LogP contribution in [0.25, 0.3) is 10.2 Å². The Hall–Kier alpha value is -2.35. The molecule has 0 saturated heterocycles. The second-order valence-corrected chi connectivity index (χ2v) is 5.66. The lowest BCUT2D eigenvalue weighted by Gasteiger charge is -2.01. The summed E-state index contributed by atoms with van der Waals surface area (Å²) in [5, 5.41) is 7.08. The predicted molar refractivity (Wildman–Crippen MR) is 79.1 cm³/mol. The molecule has 0 spiro atoms. The molecular weight excluding hydrogens is 310 g/mol. The summed E-state index contributed by atoms with van der Waals surface area (Å²) in [5.74, 6) is -0.472. The van der Waals surface area contributed by atoms with Crippen LogP contribution >= 0.6 is 11.3 Å². The minimum atomic E-state index is -2.75. The highest BCUT2D eigenvalue weighted by Crippen LogP contribution is 2.21. The highest BCUT2D eigenvalue weighted by Gasteiger charge is 2.13. The molecule has 1 aromatic carbocycles. The highest BCUT2D eigenvalue weighted by atomic mass is 32.1. The van der Waals surface area contributed by atoms with Crippen molar-refractivity contribution >= 4 is 27.5 Å². The fraction of sp³-hybridized carbons (Fsp3) is 0.214. The van der Waals surface area contributed by atoms with E-state index in [1.165, 1.54) is 6.07 Å². The molecular formula is C14H12F2N4OS. The number of amides is 1. The molecule has 2 heterocycles. The van der Waals surface area contributed by atoms with Crippen molar-refractivity contribution in [3.63, 3.8) is 0 Å². The van der Waals surface area contributed by atoms with Crippen LogP contribution in [0.3, 0.4) is 0 Å². The molecule has 114 valence electrons. The summed E-state index contributed by atoms with van der Waals surface area (Å²) in [6.45, 7) is -2.37. The van der Waals surface area contributed by atoms with Gasteiger partial charge in [0.25, 0.3) is 5.91 Å². The summed E-state index contributed by atoms with van der Waals surface area (Å²) in [7, 11) is 0. The van der Waals surface area contributed by atoms with Crippen LogP contribution in [0.2, 0.25) is 0 Å². The minimum absolute atomic E-state index is 0.0235. The van der Waals surface area contributed by atoms with Gasteiger partial charge in [0.2, 0.25) is 0 Å². The van der Waals surface area contributed by atoms with E-state index >= 15 is 0 Å². The number of para-hydroxylation sites is 1. The average molecular weight is 322 g/mol. The molecule has 8 heteroatoms. The van der Waals surface area contributed by atoms with Crippen molar-refractivity contribution in [3.8, 4) is 0 Å². The van der Waals surface area contributed by atoms with Crippen LogP contribution in [0, 0.1) is 0 Å². The first-order valence-corrected chi connectivity index (χ1v) is 7.41. The molecule has 0 radical (unpaired) electrons. The fourth-order valence-corrected chi connectivity index (χ4v) is 2.94. The van der Waals surface area contributed by atoms with Gasteiger partial charge in [0.05, 0.1) is 15.2 Å². The summed E-state index contributed by atoms with van der Waals surface area (Å²) < 4.78 is 26.3. The van der Waals surface area contributed by atoms with Gasteiger partial charge in [-0.25, -0.2) is 9.67 Å². The summed E-state index contributed by atoms with van der Waals surface area (Å²) in [6, 6.07) is 9.06. The summed E-state index contributed by atoms with van der Waals surface area (Å²) in [6.07, 6.45) is 1.66. The smallest absolute Gasteiger partial charge is 0.333 e. The maximum absolute atomic E-state index is 12.4. The van der Waals surface area contributed by atoms with E-state index in [1.807, 2.05) is 24.3 Å². The molecule has 1 N–H and O–H groups in total. The monoisotopic (exact) mass is 322 g/mol. The second kappa shape index (κ2) is 6.18.